The van der Waals surface area contributed by atoms with E-state index in [1.165, 1.54) is 25.7 Å². The van der Waals surface area contributed by atoms with Crippen molar-refractivity contribution < 1.29 is 13.9 Å². The maximum Gasteiger partial charge on any atom is 0.319 e. The molecule has 3 saturated heterocycles. The second-order valence-electron chi connectivity index (χ2n) is 13.6. The molecule has 43 heavy (non-hydrogen) atoms. The zero-order valence-electron chi connectivity index (χ0n) is 25.2. The number of aromatic nitrogens is 3. The van der Waals surface area contributed by atoms with Crippen LogP contribution in [0.2, 0.25) is 0 Å². The molecule has 3 aliphatic heterocycles. The molecule has 0 amide bonds. The highest BCUT2D eigenvalue weighted by atomic mass is 19.1. The average Bonchev–Trinajstić information content (AvgIpc) is 3.66. The number of nitrogens with zero attached hydrogens (tertiary/aromatic N) is 5. The third kappa shape index (κ3) is 4.65. The van der Waals surface area contributed by atoms with Gasteiger partial charge in [-0.3, -0.25) is 9.88 Å². The van der Waals surface area contributed by atoms with Gasteiger partial charge in [0.05, 0.1) is 17.5 Å². The van der Waals surface area contributed by atoms with Gasteiger partial charge in [-0.2, -0.15) is 9.97 Å². The van der Waals surface area contributed by atoms with Crippen molar-refractivity contribution in [2.75, 3.05) is 44.8 Å². The van der Waals surface area contributed by atoms with Crippen LogP contribution in [0, 0.1) is 23.6 Å². The lowest BCUT2D eigenvalue weighted by Crippen LogP contribution is -2.43. The summed E-state index contributed by atoms with van der Waals surface area (Å²) >= 11 is 0. The van der Waals surface area contributed by atoms with Crippen LogP contribution in [0.4, 0.5) is 10.2 Å². The summed E-state index contributed by atoms with van der Waals surface area (Å²) < 4.78 is 28.8. The van der Waals surface area contributed by atoms with E-state index in [0.717, 1.165) is 66.7 Å². The van der Waals surface area contributed by atoms with Gasteiger partial charge in [0, 0.05) is 38.5 Å². The van der Waals surface area contributed by atoms with Gasteiger partial charge in [-0.05, 0) is 79.2 Å². The molecule has 4 aliphatic rings. The fourth-order valence-electron chi connectivity index (χ4n) is 8.81. The lowest BCUT2D eigenvalue weighted by atomic mass is 9.92. The van der Waals surface area contributed by atoms with Crippen molar-refractivity contribution in [3.8, 4) is 17.3 Å². The van der Waals surface area contributed by atoms with Crippen LogP contribution in [0.25, 0.3) is 32.9 Å². The molecule has 1 aliphatic carbocycles. The highest BCUT2D eigenvalue weighted by molar-refractivity contribution is 6.00. The van der Waals surface area contributed by atoms with Crippen molar-refractivity contribution in [2.24, 2.45) is 17.8 Å². The molecule has 4 aromatic rings. The molecule has 0 N–H and O–H groups in total. The normalized spacial score (nSPS) is 27.0. The number of anilines is 1. The van der Waals surface area contributed by atoms with Crippen LogP contribution < -0.4 is 9.64 Å². The van der Waals surface area contributed by atoms with Gasteiger partial charge in [0.25, 0.3) is 0 Å². The van der Waals surface area contributed by atoms with Crippen LogP contribution in [0.3, 0.4) is 0 Å². The van der Waals surface area contributed by atoms with E-state index in [1.807, 2.05) is 36.4 Å². The van der Waals surface area contributed by atoms with Crippen LogP contribution >= 0.6 is 0 Å². The van der Waals surface area contributed by atoms with E-state index < -0.39 is 5.82 Å². The van der Waals surface area contributed by atoms with Gasteiger partial charge < -0.3 is 14.4 Å². The summed E-state index contributed by atoms with van der Waals surface area (Å²) in [6.07, 6.45) is 9.00. The van der Waals surface area contributed by atoms with E-state index >= 15 is 4.39 Å². The summed E-state index contributed by atoms with van der Waals surface area (Å²) in [4.78, 5) is 19.5. The van der Waals surface area contributed by atoms with Crippen LogP contribution in [-0.4, -0.2) is 65.3 Å². The van der Waals surface area contributed by atoms with Crippen molar-refractivity contribution in [1.82, 2.24) is 19.9 Å². The minimum Gasteiger partial charge on any atom is -0.461 e. The molecule has 2 aromatic carbocycles. The fraction of sp³-hybridized carbons (Fsp3) is 0.514. The standard InChI is InChI=1S/C35H40FN5O2/c1-22-15-35(12-5-13-41(35)17-22)21-43-34-38-32-28(33(39-34)40-18-23-10-11-24(14-23)19-40)16-37-31(30(32)36)27-9-4-7-25-6-3-8-26(20-42-2)29(25)27/h3-4,6-9,16,22-24H,5,10-15,17-21H2,1-2H3/t22-,23?,24?,35+/m1/s1. The summed E-state index contributed by atoms with van der Waals surface area (Å²) in [6, 6.07) is 12.3. The maximum absolute atomic E-state index is 16.8. The summed E-state index contributed by atoms with van der Waals surface area (Å²) in [5.41, 5.74) is 2.35. The van der Waals surface area contributed by atoms with Gasteiger partial charge >= 0.3 is 6.01 Å². The molecule has 0 spiro atoms. The van der Waals surface area contributed by atoms with E-state index in [2.05, 4.69) is 16.7 Å². The highest BCUT2D eigenvalue weighted by Gasteiger charge is 2.48. The first-order chi connectivity index (χ1) is 21.0. The summed E-state index contributed by atoms with van der Waals surface area (Å²) in [5, 5.41) is 2.63. The zero-order valence-corrected chi connectivity index (χ0v) is 25.2. The topological polar surface area (TPSA) is 63.6 Å². The van der Waals surface area contributed by atoms with Gasteiger partial charge in [-0.25, -0.2) is 4.39 Å². The maximum atomic E-state index is 16.8. The Bertz CT molecular complexity index is 1680. The van der Waals surface area contributed by atoms with E-state index in [-0.39, 0.29) is 17.1 Å². The second kappa shape index (κ2) is 10.7. The summed E-state index contributed by atoms with van der Waals surface area (Å²) in [5.74, 6) is 2.29. The van der Waals surface area contributed by atoms with E-state index in [9.17, 15) is 0 Å². The molecule has 2 aromatic heterocycles. The van der Waals surface area contributed by atoms with Crippen molar-refractivity contribution in [1.29, 1.82) is 0 Å². The molecule has 5 heterocycles. The van der Waals surface area contributed by atoms with E-state index in [4.69, 9.17) is 24.4 Å². The van der Waals surface area contributed by atoms with Gasteiger partial charge in [0.2, 0.25) is 0 Å². The van der Waals surface area contributed by atoms with Gasteiger partial charge in [0.15, 0.2) is 5.82 Å². The Balaban J connectivity index is 1.25. The monoisotopic (exact) mass is 581 g/mol. The number of benzene rings is 2. The zero-order chi connectivity index (χ0) is 29.1. The summed E-state index contributed by atoms with van der Waals surface area (Å²) in [6.45, 7) is 7.40. The number of pyridine rings is 1. The Hall–Kier alpha value is -3.36. The number of methoxy groups -OCH3 is 1. The molecule has 4 atom stereocenters. The summed E-state index contributed by atoms with van der Waals surface area (Å²) in [7, 11) is 1.68. The second-order valence-corrected chi connectivity index (χ2v) is 13.6. The first-order valence-corrected chi connectivity index (χ1v) is 16.0. The first kappa shape index (κ1) is 27.2. The Kier molecular flexibility index (Phi) is 6.75. The van der Waals surface area contributed by atoms with Crippen molar-refractivity contribution in [3.63, 3.8) is 0 Å². The minimum absolute atomic E-state index is 0.0325. The number of ether oxygens (including phenoxy) is 2. The molecular weight excluding hydrogens is 541 g/mol. The largest absolute Gasteiger partial charge is 0.461 e. The molecule has 8 heteroatoms. The van der Waals surface area contributed by atoms with Crippen molar-refractivity contribution >= 4 is 27.5 Å². The molecule has 1 saturated carbocycles. The molecule has 2 unspecified atom stereocenters. The predicted molar refractivity (Wildman–Crippen MR) is 167 cm³/mol. The number of piperidine rings is 1. The van der Waals surface area contributed by atoms with E-state index in [0.29, 0.717) is 42.0 Å². The fourth-order valence-corrected chi connectivity index (χ4v) is 8.81. The number of fused-ring (bicyclic) bond motifs is 5. The van der Waals surface area contributed by atoms with Gasteiger partial charge in [-0.15, -0.1) is 0 Å². The molecule has 2 bridgehead atoms. The van der Waals surface area contributed by atoms with Crippen LogP contribution in [0.1, 0.15) is 51.0 Å². The Morgan fingerprint density at radius 1 is 1.05 bits per heavy atom. The molecular formula is C35H40FN5O2. The number of halogens is 1. The van der Waals surface area contributed by atoms with Crippen molar-refractivity contribution in [2.45, 2.75) is 57.6 Å². The van der Waals surface area contributed by atoms with E-state index in [1.54, 1.807) is 13.3 Å². The van der Waals surface area contributed by atoms with Crippen LogP contribution in [-0.2, 0) is 11.3 Å². The Morgan fingerprint density at radius 2 is 1.86 bits per heavy atom. The number of hydrogen-bond acceptors (Lipinski definition) is 7. The molecule has 0 radical (unpaired) electrons. The van der Waals surface area contributed by atoms with Gasteiger partial charge in [0.1, 0.15) is 23.6 Å². The average molecular weight is 582 g/mol. The molecule has 4 fully saturated rings. The Labute approximate surface area is 252 Å². The van der Waals surface area contributed by atoms with Crippen LogP contribution in [0.15, 0.2) is 42.6 Å². The SMILES string of the molecule is COCc1cccc2cccc(-c3ncc4c(N5CC6CCC(C6)C5)nc(OC[C@@]56CCCN5C[C@H](C)C6)nc4c3F)c12. The van der Waals surface area contributed by atoms with Crippen molar-refractivity contribution in [3.05, 3.63) is 54.0 Å². The third-order valence-corrected chi connectivity index (χ3v) is 10.6. The van der Waals surface area contributed by atoms with Crippen LogP contribution in [0.5, 0.6) is 6.01 Å². The highest BCUT2D eigenvalue weighted by Crippen LogP contribution is 2.43. The minimum atomic E-state index is -0.430. The number of rotatable bonds is 7. The molecule has 224 valence electrons. The first-order valence-electron chi connectivity index (χ1n) is 16.0. The lowest BCUT2D eigenvalue weighted by molar-refractivity contribution is 0.107. The molecule has 8 rings (SSSR count). The quantitative estimate of drug-likeness (QED) is 0.243. The Morgan fingerprint density at radius 3 is 2.67 bits per heavy atom. The third-order valence-electron chi connectivity index (χ3n) is 10.6. The smallest absolute Gasteiger partial charge is 0.319 e. The predicted octanol–water partition coefficient (Wildman–Crippen LogP) is 6.62. The lowest BCUT2D eigenvalue weighted by Gasteiger charge is -2.34. The number of hydrogen-bond donors (Lipinski definition) is 0. The molecule has 7 nitrogen and oxygen atoms in total. The van der Waals surface area contributed by atoms with Gasteiger partial charge in [-0.1, -0.05) is 43.3 Å².